The van der Waals surface area contributed by atoms with Gasteiger partial charge in [0.25, 0.3) is 0 Å². The summed E-state index contributed by atoms with van der Waals surface area (Å²) < 4.78 is -0.0550. The van der Waals surface area contributed by atoms with Crippen LogP contribution in [0.1, 0.15) is 18.4 Å². The van der Waals surface area contributed by atoms with Crippen molar-refractivity contribution in [3.63, 3.8) is 0 Å². The molecule has 33 heavy (non-hydrogen) atoms. The van der Waals surface area contributed by atoms with E-state index < -0.39 is 5.60 Å². The maximum Gasteiger partial charge on any atom is 0.236 e. The molecule has 1 saturated carbocycles. The number of quaternary nitrogens is 1. The molecule has 1 aliphatic carbocycles. The van der Waals surface area contributed by atoms with Crippen LogP contribution >= 0.6 is 0 Å². The van der Waals surface area contributed by atoms with Crippen molar-refractivity contribution in [2.75, 3.05) is 6.61 Å². The predicted octanol–water partition coefficient (Wildman–Crippen LogP) is 3.36. The Balaban J connectivity index is 1.43. The molecule has 0 bridgehead atoms. The molecule has 3 aliphatic rings. The summed E-state index contributed by atoms with van der Waals surface area (Å²) in [6.07, 6.45) is 6.10. The number of hydrogen-bond donors (Lipinski definition) is 3. The van der Waals surface area contributed by atoms with Gasteiger partial charge in [-0.15, -0.1) is 4.59 Å². The van der Waals surface area contributed by atoms with Crippen LogP contribution in [0.5, 0.6) is 0 Å². The first-order valence-electron chi connectivity index (χ1n) is 11.0. The molecule has 164 valence electrons. The molecule has 0 radical (unpaired) electrons. The van der Waals surface area contributed by atoms with Crippen LogP contribution in [-0.4, -0.2) is 44.0 Å². The Morgan fingerprint density at radius 2 is 1.82 bits per heavy atom. The topological polar surface area (TPSA) is 104 Å². The van der Waals surface area contributed by atoms with Gasteiger partial charge in [0.05, 0.1) is 41.8 Å². The highest BCUT2D eigenvalue weighted by atomic mass is 16.3. The van der Waals surface area contributed by atoms with Crippen LogP contribution in [0, 0.1) is 5.92 Å². The van der Waals surface area contributed by atoms with Crippen molar-refractivity contribution in [2.24, 2.45) is 21.7 Å². The fourth-order valence-corrected chi connectivity index (χ4v) is 4.93. The van der Waals surface area contributed by atoms with Gasteiger partial charge < -0.3 is 10.2 Å². The first-order valence-corrected chi connectivity index (χ1v) is 11.0. The fraction of sp³-hybridized carbons (Fsp3) is 0.192. The summed E-state index contributed by atoms with van der Waals surface area (Å²) >= 11 is 0. The maximum absolute atomic E-state index is 10.3. The van der Waals surface area contributed by atoms with Gasteiger partial charge in [0.2, 0.25) is 11.5 Å². The predicted molar refractivity (Wildman–Crippen MR) is 128 cm³/mol. The van der Waals surface area contributed by atoms with Gasteiger partial charge >= 0.3 is 0 Å². The minimum atomic E-state index is -1.05. The van der Waals surface area contributed by atoms with E-state index in [4.69, 9.17) is 15.8 Å². The zero-order valence-corrected chi connectivity index (χ0v) is 18.0. The number of aromatic nitrogens is 1. The van der Waals surface area contributed by atoms with Crippen LogP contribution in [0.4, 0.5) is 0 Å². The van der Waals surface area contributed by atoms with Crippen LogP contribution in [0.2, 0.25) is 0 Å². The molecule has 2 aromatic carbocycles. The van der Waals surface area contributed by atoms with Gasteiger partial charge in [-0.2, -0.15) is 10.8 Å². The van der Waals surface area contributed by atoms with Crippen molar-refractivity contribution in [1.29, 1.82) is 0 Å². The first-order chi connectivity index (χ1) is 16.0. The number of allylic oxidation sites excluding steroid dienone is 1. The number of hydrogen-bond acceptors (Lipinski definition) is 6. The van der Waals surface area contributed by atoms with Crippen LogP contribution in [-0.2, 0) is 0 Å². The lowest BCUT2D eigenvalue weighted by Crippen LogP contribution is -2.60. The third kappa shape index (κ3) is 3.17. The maximum atomic E-state index is 10.3. The summed E-state index contributed by atoms with van der Waals surface area (Å²) in [5, 5.41) is 20.8. The number of pyridine rings is 1. The van der Waals surface area contributed by atoms with E-state index in [9.17, 15) is 10.2 Å². The van der Waals surface area contributed by atoms with E-state index in [1.165, 1.54) is 0 Å². The number of rotatable bonds is 4. The van der Waals surface area contributed by atoms with Crippen molar-refractivity contribution in [3.8, 4) is 11.3 Å². The van der Waals surface area contributed by atoms with Crippen molar-refractivity contribution in [2.45, 2.75) is 18.4 Å². The van der Waals surface area contributed by atoms with Gasteiger partial charge in [-0.3, -0.25) is 4.99 Å². The monoisotopic (exact) mass is 438 g/mol. The lowest BCUT2D eigenvalue weighted by atomic mass is 9.70. The van der Waals surface area contributed by atoms with Crippen LogP contribution in [0.25, 0.3) is 27.9 Å². The summed E-state index contributed by atoms with van der Waals surface area (Å²) in [5.41, 5.74) is 4.26. The third-order valence-electron chi connectivity index (χ3n) is 6.78. The third-order valence-corrected chi connectivity index (χ3v) is 6.78. The smallest absolute Gasteiger partial charge is 0.236 e. The molecule has 0 amide bonds. The van der Waals surface area contributed by atoms with Gasteiger partial charge in [-0.25, -0.2) is 4.98 Å². The molecule has 2 aliphatic heterocycles. The fourth-order valence-electron chi connectivity index (χ4n) is 4.93. The second-order valence-electron chi connectivity index (χ2n) is 9.02. The second kappa shape index (κ2) is 7.26. The van der Waals surface area contributed by atoms with E-state index in [-0.39, 0.29) is 17.1 Å². The molecule has 3 aromatic rings. The number of aliphatic hydroxyl groups excluding tert-OH is 1. The van der Waals surface area contributed by atoms with E-state index in [2.05, 4.69) is 11.1 Å². The highest BCUT2D eigenvalue weighted by Gasteiger charge is 2.54. The van der Waals surface area contributed by atoms with Crippen molar-refractivity contribution in [1.82, 2.24) is 4.98 Å². The Bertz CT molecular complexity index is 1390. The van der Waals surface area contributed by atoms with Crippen LogP contribution < -0.4 is 5.84 Å². The number of benzene rings is 2. The van der Waals surface area contributed by atoms with Gasteiger partial charge in [-0.1, -0.05) is 48.5 Å². The van der Waals surface area contributed by atoms with E-state index in [0.29, 0.717) is 12.8 Å². The number of amidine groups is 1. The average Bonchev–Trinajstić information content (AvgIpc) is 3.14. The van der Waals surface area contributed by atoms with Gasteiger partial charge in [0.15, 0.2) is 0 Å². The summed E-state index contributed by atoms with van der Waals surface area (Å²) in [5.74, 6) is 7.54. The summed E-state index contributed by atoms with van der Waals surface area (Å²) in [6.45, 7) is -0.258. The first kappa shape index (κ1) is 20.1. The van der Waals surface area contributed by atoms with Gasteiger partial charge in [0.1, 0.15) is 11.9 Å². The van der Waals surface area contributed by atoms with Gasteiger partial charge in [0, 0.05) is 16.5 Å². The summed E-state index contributed by atoms with van der Waals surface area (Å²) in [4.78, 5) is 14.2. The molecule has 1 unspecified atom stereocenters. The average molecular weight is 439 g/mol. The number of fused-ring (bicyclic) bond motifs is 2. The minimum absolute atomic E-state index is 0.0148. The van der Waals surface area contributed by atoms with Crippen molar-refractivity contribution >= 4 is 28.7 Å². The Hall–Kier alpha value is -3.49. The molecule has 0 spiro atoms. The molecule has 7 heteroatoms. The zero-order valence-electron chi connectivity index (χ0n) is 18.0. The summed E-state index contributed by atoms with van der Waals surface area (Å²) in [6, 6.07) is 20.3. The normalized spacial score (nSPS) is 28.1. The highest BCUT2D eigenvalue weighted by molar-refractivity contribution is 6.02. The molecule has 1 fully saturated rings. The quantitative estimate of drug-likeness (QED) is 0.429. The molecular formula is C26H24N5O2+. The SMILES string of the molecule is N[N+]12C=CN=CC1=C(c1ccc3ccc(-c4ccccc4)nc3c1)N=C2C1CC(O)(CO)C1. The molecule has 0 saturated heterocycles. The number of aliphatic hydroxyl groups is 2. The van der Waals surface area contributed by atoms with Crippen LogP contribution in [0.15, 0.2) is 88.7 Å². The molecule has 1 aromatic heterocycles. The van der Waals surface area contributed by atoms with E-state index in [1.54, 1.807) is 12.4 Å². The zero-order chi connectivity index (χ0) is 22.6. The largest absolute Gasteiger partial charge is 0.393 e. The molecular weight excluding hydrogens is 414 g/mol. The molecule has 7 nitrogen and oxygen atoms in total. The Kier molecular flexibility index (Phi) is 4.43. The standard InChI is InChI=1S/C26H24N5O2/c27-31-11-10-28-15-23(31)24(30-25(31)20-13-26(33,14-20)16-32)19-7-6-18-8-9-21(29-22(18)12-19)17-4-2-1-3-5-17/h1-12,15,20,32-33H,13-14,16,27H2/q+1. The Labute approximate surface area is 191 Å². The molecule has 1 atom stereocenters. The lowest BCUT2D eigenvalue weighted by molar-refractivity contribution is -0.754. The number of nitrogens with two attached hydrogens (primary N) is 1. The molecule has 4 N–H and O–H groups in total. The number of aliphatic imine (C=N–C) groups is 2. The summed E-state index contributed by atoms with van der Waals surface area (Å²) in [7, 11) is 0. The number of nitrogens with zero attached hydrogens (tertiary/aromatic N) is 4. The second-order valence-corrected chi connectivity index (χ2v) is 9.02. The van der Waals surface area contributed by atoms with E-state index in [1.807, 2.05) is 60.8 Å². The lowest BCUT2D eigenvalue weighted by Gasteiger charge is -2.43. The van der Waals surface area contributed by atoms with Crippen molar-refractivity contribution in [3.05, 3.63) is 84.3 Å². The molecule has 3 heterocycles. The van der Waals surface area contributed by atoms with Gasteiger partial charge in [-0.05, 0) is 25.0 Å². The van der Waals surface area contributed by atoms with E-state index in [0.717, 1.165) is 45.0 Å². The van der Waals surface area contributed by atoms with Crippen molar-refractivity contribution < 1.29 is 14.8 Å². The minimum Gasteiger partial charge on any atom is -0.393 e. The Morgan fingerprint density at radius 3 is 2.61 bits per heavy atom. The molecule has 6 rings (SSSR count). The Morgan fingerprint density at radius 1 is 1.03 bits per heavy atom. The van der Waals surface area contributed by atoms with Crippen LogP contribution in [0.3, 0.4) is 0 Å². The highest BCUT2D eigenvalue weighted by Crippen LogP contribution is 2.45. The van der Waals surface area contributed by atoms with E-state index >= 15 is 0 Å².